The van der Waals surface area contributed by atoms with Gasteiger partial charge in [0.05, 0.1) is 19.8 Å². The first kappa shape index (κ1) is 26.4. The number of hydrogen-bond donors (Lipinski definition) is 3. The van der Waals surface area contributed by atoms with E-state index in [1.165, 1.54) is 0 Å². The highest BCUT2D eigenvalue weighted by Gasteiger charge is 2.19. The van der Waals surface area contributed by atoms with E-state index in [9.17, 15) is 9.90 Å². The normalized spacial score (nSPS) is 13.5. The molecule has 3 aromatic rings. The number of carbonyl (C=O) groups is 1. The Kier molecular flexibility index (Phi) is 8.58. The van der Waals surface area contributed by atoms with Crippen LogP contribution in [0.1, 0.15) is 40.9 Å². The van der Waals surface area contributed by atoms with E-state index in [2.05, 4.69) is 25.5 Å². The maximum Gasteiger partial charge on any atom is 0.253 e. The number of hydrogen-bond acceptors (Lipinski definition) is 8. The molecule has 0 saturated carbocycles. The van der Waals surface area contributed by atoms with Gasteiger partial charge in [0.15, 0.2) is 0 Å². The van der Waals surface area contributed by atoms with Crippen molar-refractivity contribution >= 4 is 29.0 Å². The molecule has 2 heterocycles. The summed E-state index contributed by atoms with van der Waals surface area (Å²) < 4.78 is 5.51. The van der Waals surface area contributed by atoms with Gasteiger partial charge >= 0.3 is 0 Å². The zero-order valence-electron chi connectivity index (χ0n) is 22.0. The van der Waals surface area contributed by atoms with E-state index >= 15 is 0 Å². The van der Waals surface area contributed by atoms with Crippen molar-refractivity contribution in [3.05, 3.63) is 70.9 Å². The van der Waals surface area contributed by atoms with Crippen molar-refractivity contribution < 1.29 is 14.6 Å². The molecule has 1 fully saturated rings. The van der Waals surface area contributed by atoms with Crippen LogP contribution >= 0.6 is 0 Å². The number of morpholine rings is 1. The Hall–Kier alpha value is -3.69. The molecular formula is C28H36N6O3. The minimum atomic E-state index is -0.0371. The zero-order chi connectivity index (χ0) is 26.4. The third-order valence-corrected chi connectivity index (χ3v) is 6.60. The van der Waals surface area contributed by atoms with Crippen LogP contribution in [0.2, 0.25) is 0 Å². The number of rotatable bonds is 9. The topological polar surface area (TPSA) is 103 Å². The molecule has 1 amide bonds. The summed E-state index contributed by atoms with van der Waals surface area (Å²) in [5.41, 5.74) is 5.42. The molecule has 1 saturated heterocycles. The summed E-state index contributed by atoms with van der Waals surface area (Å²) >= 11 is 0. The molecule has 0 unspecified atom stereocenters. The maximum absolute atomic E-state index is 13.2. The van der Waals surface area contributed by atoms with Gasteiger partial charge in [-0.2, -0.15) is 4.98 Å². The fourth-order valence-corrected chi connectivity index (χ4v) is 4.09. The van der Waals surface area contributed by atoms with E-state index in [0.717, 1.165) is 41.2 Å². The van der Waals surface area contributed by atoms with E-state index in [1.54, 1.807) is 11.1 Å². The molecule has 196 valence electrons. The van der Waals surface area contributed by atoms with Crippen molar-refractivity contribution in [1.82, 2.24) is 14.9 Å². The maximum atomic E-state index is 13.2. The van der Waals surface area contributed by atoms with Crippen molar-refractivity contribution in [3.8, 4) is 0 Å². The van der Waals surface area contributed by atoms with Crippen LogP contribution in [0, 0.1) is 6.92 Å². The number of carbonyl (C=O) groups excluding carboxylic acids is 1. The summed E-state index contributed by atoms with van der Waals surface area (Å²) in [6.07, 6.45) is 1.69. The van der Waals surface area contributed by atoms with Gasteiger partial charge in [0, 0.05) is 55.9 Å². The van der Waals surface area contributed by atoms with Crippen LogP contribution in [0.15, 0.2) is 48.7 Å². The van der Waals surface area contributed by atoms with Crippen LogP contribution in [0.25, 0.3) is 0 Å². The molecule has 0 spiro atoms. The third kappa shape index (κ3) is 6.75. The first-order valence-corrected chi connectivity index (χ1v) is 12.6. The standard InChI is InChI=1S/C28H36N6O3/c1-19(2)33(4)27(36)22-14-24(16-25(15-22)34-9-11-37-12-10-34)31-28-29-8-7-26(32-28)30-17-23-13-21(18-35)6-5-20(23)3/h5-8,13-16,19,35H,9-12,17-18H2,1-4H3,(H2,29,30,31,32). The van der Waals surface area contributed by atoms with Crippen molar-refractivity contribution in [2.45, 2.75) is 40.0 Å². The Balaban J connectivity index is 1.55. The first-order valence-electron chi connectivity index (χ1n) is 12.6. The average Bonchev–Trinajstić information content (AvgIpc) is 2.92. The lowest BCUT2D eigenvalue weighted by Gasteiger charge is -2.30. The lowest BCUT2D eigenvalue weighted by atomic mass is 10.1. The summed E-state index contributed by atoms with van der Waals surface area (Å²) in [6, 6.07) is 13.6. The number of benzene rings is 2. The van der Waals surface area contributed by atoms with Gasteiger partial charge in [-0.05, 0) is 61.7 Å². The average molecular weight is 505 g/mol. The number of aliphatic hydroxyl groups excluding tert-OH is 1. The molecule has 37 heavy (non-hydrogen) atoms. The SMILES string of the molecule is Cc1ccc(CO)cc1CNc1ccnc(Nc2cc(C(=O)N(C)C(C)C)cc(N3CCOCC3)c2)n1. The minimum absolute atomic E-state index is 0.00974. The van der Waals surface area contributed by atoms with E-state index in [1.807, 2.05) is 70.3 Å². The van der Waals surface area contributed by atoms with Gasteiger partial charge in [-0.1, -0.05) is 18.2 Å². The Morgan fingerprint density at radius 2 is 1.95 bits per heavy atom. The fraction of sp³-hybridized carbons (Fsp3) is 0.393. The van der Waals surface area contributed by atoms with E-state index in [-0.39, 0.29) is 18.6 Å². The van der Waals surface area contributed by atoms with Crippen LogP contribution in [-0.4, -0.2) is 65.3 Å². The van der Waals surface area contributed by atoms with Crippen LogP contribution in [0.5, 0.6) is 0 Å². The first-order chi connectivity index (χ1) is 17.8. The number of aliphatic hydroxyl groups is 1. The number of aryl methyl sites for hydroxylation is 1. The van der Waals surface area contributed by atoms with Gasteiger partial charge < -0.3 is 30.3 Å². The van der Waals surface area contributed by atoms with Gasteiger partial charge in [0.2, 0.25) is 5.95 Å². The molecule has 1 aliphatic heterocycles. The van der Waals surface area contributed by atoms with Crippen LogP contribution in [0.4, 0.5) is 23.1 Å². The predicted octanol–water partition coefficient (Wildman–Crippen LogP) is 3.95. The molecule has 3 N–H and O–H groups in total. The Morgan fingerprint density at radius 1 is 1.16 bits per heavy atom. The number of anilines is 4. The van der Waals surface area contributed by atoms with E-state index < -0.39 is 0 Å². The smallest absolute Gasteiger partial charge is 0.253 e. The highest BCUT2D eigenvalue weighted by molar-refractivity contribution is 5.96. The molecule has 0 aliphatic carbocycles. The summed E-state index contributed by atoms with van der Waals surface area (Å²) in [7, 11) is 1.82. The van der Waals surface area contributed by atoms with E-state index in [0.29, 0.717) is 37.1 Å². The number of ether oxygens (including phenoxy) is 1. The van der Waals surface area contributed by atoms with Gasteiger partial charge in [-0.15, -0.1) is 0 Å². The van der Waals surface area contributed by atoms with Crippen LogP contribution in [-0.2, 0) is 17.9 Å². The Bertz CT molecular complexity index is 1230. The molecule has 0 bridgehead atoms. The lowest BCUT2D eigenvalue weighted by Crippen LogP contribution is -2.37. The molecular weight excluding hydrogens is 468 g/mol. The third-order valence-electron chi connectivity index (χ3n) is 6.60. The van der Waals surface area contributed by atoms with Gasteiger partial charge in [0.25, 0.3) is 5.91 Å². The van der Waals surface area contributed by atoms with Crippen LogP contribution < -0.4 is 15.5 Å². The largest absolute Gasteiger partial charge is 0.392 e. The Morgan fingerprint density at radius 3 is 2.68 bits per heavy atom. The van der Waals surface area contributed by atoms with Crippen molar-refractivity contribution in [2.24, 2.45) is 0 Å². The fourth-order valence-electron chi connectivity index (χ4n) is 4.09. The predicted molar refractivity (Wildman–Crippen MR) is 146 cm³/mol. The van der Waals surface area contributed by atoms with Gasteiger partial charge in [-0.25, -0.2) is 4.98 Å². The highest BCUT2D eigenvalue weighted by atomic mass is 16.5. The number of amides is 1. The second kappa shape index (κ2) is 12.0. The molecule has 9 heteroatoms. The molecule has 2 aromatic carbocycles. The molecule has 4 rings (SSSR count). The molecule has 0 radical (unpaired) electrons. The second-order valence-corrected chi connectivity index (χ2v) is 9.54. The van der Waals surface area contributed by atoms with Crippen molar-refractivity contribution in [3.63, 3.8) is 0 Å². The number of aromatic nitrogens is 2. The van der Waals surface area contributed by atoms with Gasteiger partial charge in [-0.3, -0.25) is 4.79 Å². The number of nitrogens with zero attached hydrogens (tertiary/aromatic N) is 4. The minimum Gasteiger partial charge on any atom is -0.392 e. The highest BCUT2D eigenvalue weighted by Crippen LogP contribution is 2.26. The van der Waals surface area contributed by atoms with E-state index in [4.69, 9.17) is 4.74 Å². The Labute approximate surface area is 218 Å². The molecule has 1 aliphatic rings. The van der Waals surface area contributed by atoms with Crippen molar-refractivity contribution in [1.29, 1.82) is 0 Å². The van der Waals surface area contributed by atoms with Crippen molar-refractivity contribution in [2.75, 3.05) is 48.9 Å². The summed E-state index contributed by atoms with van der Waals surface area (Å²) in [5, 5.41) is 16.1. The second-order valence-electron chi connectivity index (χ2n) is 9.54. The number of nitrogens with one attached hydrogen (secondary N) is 2. The summed E-state index contributed by atoms with van der Waals surface area (Å²) in [5.74, 6) is 1.07. The summed E-state index contributed by atoms with van der Waals surface area (Å²) in [4.78, 5) is 26.1. The monoisotopic (exact) mass is 504 g/mol. The zero-order valence-corrected chi connectivity index (χ0v) is 22.0. The molecule has 0 atom stereocenters. The molecule has 9 nitrogen and oxygen atoms in total. The summed E-state index contributed by atoms with van der Waals surface area (Å²) in [6.45, 7) is 9.47. The van der Waals surface area contributed by atoms with Crippen LogP contribution in [0.3, 0.4) is 0 Å². The molecule has 1 aromatic heterocycles. The lowest BCUT2D eigenvalue weighted by molar-refractivity contribution is 0.0755. The quantitative estimate of drug-likeness (QED) is 0.403. The van der Waals surface area contributed by atoms with Gasteiger partial charge in [0.1, 0.15) is 5.82 Å².